The van der Waals surface area contributed by atoms with Gasteiger partial charge in [-0.25, -0.2) is 0 Å². The average Bonchev–Trinajstić information content (AvgIpc) is 2.75. The molecule has 4 nitrogen and oxygen atoms in total. The largest absolute Gasteiger partial charge is 0.337 e. The summed E-state index contributed by atoms with van der Waals surface area (Å²) in [6.45, 7) is 2.72. The summed E-state index contributed by atoms with van der Waals surface area (Å²) in [6.07, 6.45) is 0.827. The third-order valence-corrected chi connectivity index (χ3v) is 3.05. The van der Waals surface area contributed by atoms with Gasteiger partial charge < -0.3 is 10.6 Å². The molecule has 0 spiro atoms. The van der Waals surface area contributed by atoms with E-state index in [2.05, 4.69) is 0 Å². The standard InChI is InChI=1S/C13H16N2O2/c1-9(16)11-4-2-3-5-12(11)13(17)15-7-6-10(14)8-15/h2-5,10H,6-8,14H2,1H3/t10-/m1/s1. The van der Waals surface area contributed by atoms with Crippen molar-refractivity contribution in [3.63, 3.8) is 0 Å². The van der Waals surface area contributed by atoms with Crippen LogP contribution in [-0.2, 0) is 0 Å². The Hall–Kier alpha value is -1.68. The SMILES string of the molecule is CC(=O)c1ccccc1C(=O)N1CC[C@@H](N)C1. The first kappa shape index (κ1) is 11.8. The quantitative estimate of drug-likeness (QED) is 0.775. The fourth-order valence-corrected chi connectivity index (χ4v) is 2.12. The predicted molar refractivity (Wildman–Crippen MR) is 64.9 cm³/mol. The van der Waals surface area contributed by atoms with Crippen molar-refractivity contribution >= 4 is 11.7 Å². The minimum Gasteiger partial charge on any atom is -0.337 e. The zero-order valence-corrected chi connectivity index (χ0v) is 9.85. The molecule has 1 aliphatic rings. The summed E-state index contributed by atoms with van der Waals surface area (Å²) >= 11 is 0. The Morgan fingerprint density at radius 1 is 1.29 bits per heavy atom. The lowest BCUT2D eigenvalue weighted by Crippen LogP contribution is -2.32. The van der Waals surface area contributed by atoms with Crippen molar-refractivity contribution in [1.29, 1.82) is 0 Å². The average molecular weight is 232 g/mol. The van der Waals surface area contributed by atoms with Crippen molar-refractivity contribution in [3.8, 4) is 0 Å². The number of carbonyl (C=O) groups excluding carboxylic acids is 2. The Morgan fingerprint density at radius 3 is 2.47 bits per heavy atom. The van der Waals surface area contributed by atoms with Crippen LogP contribution in [0.3, 0.4) is 0 Å². The number of hydrogen-bond acceptors (Lipinski definition) is 3. The molecular weight excluding hydrogens is 216 g/mol. The fourth-order valence-electron chi connectivity index (χ4n) is 2.12. The molecule has 1 atom stereocenters. The molecule has 2 rings (SSSR count). The second-order valence-electron chi connectivity index (χ2n) is 4.40. The Bertz CT molecular complexity index is 456. The highest BCUT2D eigenvalue weighted by atomic mass is 16.2. The summed E-state index contributed by atoms with van der Waals surface area (Å²) in [7, 11) is 0. The number of ketones is 1. The van der Waals surface area contributed by atoms with Gasteiger partial charge in [0.05, 0.1) is 5.56 Å². The summed E-state index contributed by atoms with van der Waals surface area (Å²) in [5, 5.41) is 0. The van der Waals surface area contributed by atoms with Gasteiger partial charge in [0.15, 0.2) is 5.78 Å². The Kier molecular flexibility index (Phi) is 3.24. The molecule has 0 saturated carbocycles. The molecule has 1 heterocycles. The number of rotatable bonds is 2. The molecule has 90 valence electrons. The molecule has 0 aromatic heterocycles. The van der Waals surface area contributed by atoms with Gasteiger partial charge in [-0.1, -0.05) is 18.2 Å². The van der Waals surface area contributed by atoms with Crippen LogP contribution >= 0.6 is 0 Å². The maximum absolute atomic E-state index is 12.2. The minimum absolute atomic E-state index is 0.0587. The van der Waals surface area contributed by atoms with Crippen molar-refractivity contribution < 1.29 is 9.59 Å². The molecule has 2 N–H and O–H groups in total. The van der Waals surface area contributed by atoms with Crippen molar-refractivity contribution in [3.05, 3.63) is 35.4 Å². The molecule has 4 heteroatoms. The molecule has 0 bridgehead atoms. The number of Topliss-reactive ketones (excluding diaryl/α,β-unsaturated/α-hetero) is 1. The number of nitrogens with two attached hydrogens (primary N) is 1. The number of benzene rings is 1. The van der Waals surface area contributed by atoms with E-state index in [4.69, 9.17) is 5.73 Å². The molecule has 0 radical (unpaired) electrons. The molecule has 1 amide bonds. The van der Waals surface area contributed by atoms with Crippen LogP contribution in [0.4, 0.5) is 0 Å². The van der Waals surface area contributed by atoms with Gasteiger partial charge in [0.25, 0.3) is 5.91 Å². The van der Waals surface area contributed by atoms with Crippen molar-refractivity contribution in [2.45, 2.75) is 19.4 Å². The normalized spacial score (nSPS) is 19.4. The first-order valence-electron chi connectivity index (χ1n) is 5.74. The van der Waals surface area contributed by atoms with Crippen LogP contribution in [0.5, 0.6) is 0 Å². The van der Waals surface area contributed by atoms with Crippen LogP contribution in [0.15, 0.2) is 24.3 Å². The van der Waals surface area contributed by atoms with E-state index in [0.29, 0.717) is 24.2 Å². The van der Waals surface area contributed by atoms with Gasteiger partial charge in [-0.15, -0.1) is 0 Å². The predicted octanol–water partition coefficient (Wildman–Crippen LogP) is 1.06. The zero-order valence-electron chi connectivity index (χ0n) is 9.85. The van der Waals surface area contributed by atoms with Crippen LogP contribution < -0.4 is 5.73 Å². The third kappa shape index (κ3) is 2.36. The molecular formula is C13H16N2O2. The van der Waals surface area contributed by atoms with Crippen LogP contribution in [0.1, 0.15) is 34.1 Å². The maximum Gasteiger partial charge on any atom is 0.254 e. The Labute approximate surface area is 100 Å². The highest BCUT2D eigenvalue weighted by Crippen LogP contribution is 2.16. The molecule has 1 aliphatic heterocycles. The maximum atomic E-state index is 12.2. The van der Waals surface area contributed by atoms with E-state index in [9.17, 15) is 9.59 Å². The smallest absolute Gasteiger partial charge is 0.254 e. The third-order valence-electron chi connectivity index (χ3n) is 3.05. The van der Waals surface area contributed by atoms with Crippen molar-refractivity contribution in [2.75, 3.05) is 13.1 Å². The lowest BCUT2D eigenvalue weighted by Gasteiger charge is -2.17. The van der Waals surface area contributed by atoms with E-state index in [1.165, 1.54) is 6.92 Å². The lowest BCUT2D eigenvalue weighted by atomic mass is 10.0. The van der Waals surface area contributed by atoms with Crippen LogP contribution in [-0.4, -0.2) is 35.7 Å². The topological polar surface area (TPSA) is 63.4 Å². The number of nitrogens with zero attached hydrogens (tertiary/aromatic N) is 1. The summed E-state index contributed by atoms with van der Waals surface area (Å²) in [5.74, 6) is -0.179. The van der Waals surface area contributed by atoms with Crippen LogP contribution in [0.2, 0.25) is 0 Å². The lowest BCUT2D eigenvalue weighted by molar-refractivity contribution is 0.0785. The molecule has 1 aromatic rings. The number of hydrogen-bond donors (Lipinski definition) is 1. The van der Waals surface area contributed by atoms with Crippen LogP contribution in [0.25, 0.3) is 0 Å². The highest BCUT2D eigenvalue weighted by Gasteiger charge is 2.26. The van der Waals surface area contributed by atoms with E-state index in [1.54, 1.807) is 29.2 Å². The van der Waals surface area contributed by atoms with Gasteiger partial charge in [-0.3, -0.25) is 9.59 Å². The summed E-state index contributed by atoms with van der Waals surface area (Å²) in [6, 6.07) is 6.98. The summed E-state index contributed by atoms with van der Waals surface area (Å²) < 4.78 is 0. The van der Waals surface area contributed by atoms with E-state index < -0.39 is 0 Å². The first-order chi connectivity index (χ1) is 8.09. The van der Waals surface area contributed by atoms with Gasteiger partial charge in [-0.2, -0.15) is 0 Å². The van der Waals surface area contributed by atoms with Gasteiger partial charge in [0.1, 0.15) is 0 Å². The Balaban J connectivity index is 2.28. The van der Waals surface area contributed by atoms with E-state index >= 15 is 0 Å². The second-order valence-corrected chi connectivity index (χ2v) is 4.40. The van der Waals surface area contributed by atoms with E-state index in [1.807, 2.05) is 0 Å². The minimum atomic E-state index is -0.0937. The van der Waals surface area contributed by atoms with Crippen LogP contribution in [0, 0.1) is 0 Å². The Morgan fingerprint density at radius 2 is 1.94 bits per heavy atom. The number of carbonyl (C=O) groups is 2. The van der Waals surface area contributed by atoms with Crippen molar-refractivity contribution in [2.24, 2.45) is 5.73 Å². The monoisotopic (exact) mass is 232 g/mol. The zero-order chi connectivity index (χ0) is 12.4. The summed E-state index contributed by atoms with van der Waals surface area (Å²) in [5.41, 5.74) is 6.74. The molecule has 1 fully saturated rings. The van der Waals surface area contributed by atoms with Gasteiger partial charge in [0.2, 0.25) is 0 Å². The number of amides is 1. The second kappa shape index (κ2) is 4.67. The first-order valence-corrected chi connectivity index (χ1v) is 5.74. The van der Waals surface area contributed by atoms with Crippen molar-refractivity contribution in [1.82, 2.24) is 4.90 Å². The van der Waals surface area contributed by atoms with E-state index in [0.717, 1.165) is 6.42 Å². The molecule has 1 aromatic carbocycles. The fraction of sp³-hybridized carbons (Fsp3) is 0.385. The van der Waals surface area contributed by atoms with Gasteiger partial charge in [0, 0.05) is 24.7 Å². The molecule has 17 heavy (non-hydrogen) atoms. The van der Waals surface area contributed by atoms with Gasteiger partial charge >= 0.3 is 0 Å². The molecule has 0 aliphatic carbocycles. The summed E-state index contributed by atoms with van der Waals surface area (Å²) in [4.78, 5) is 25.4. The van der Waals surface area contributed by atoms with E-state index in [-0.39, 0.29) is 17.7 Å². The van der Waals surface area contributed by atoms with Gasteiger partial charge in [-0.05, 0) is 19.4 Å². The molecule has 0 unspecified atom stereocenters. The molecule has 1 saturated heterocycles. The number of likely N-dealkylation sites (tertiary alicyclic amines) is 1. The highest BCUT2D eigenvalue weighted by molar-refractivity contribution is 6.07.